The topological polar surface area (TPSA) is 117 Å². The van der Waals surface area contributed by atoms with Crippen LogP contribution in [0.2, 0.25) is 0 Å². The summed E-state index contributed by atoms with van der Waals surface area (Å²) in [5, 5.41) is 13.4. The van der Waals surface area contributed by atoms with Crippen molar-refractivity contribution in [1.29, 1.82) is 0 Å². The second-order valence-corrected chi connectivity index (χ2v) is 6.74. The lowest BCUT2D eigenvalue weighted by Gasteiger charge is -2.10. The van der Waals surface area contributed by atoms with Gasteiger partial charge in [-0.25, -0.2) is 4.68 Å². The highest BCUT2D eigenvalue weighted by Crippen LogP contribution is 2.25. The molecule has 0 unspecified atom stereocenters. The Morgan fingerprint density at radius 2 is 1.59 bits per heavy atom. The molecular formula is C22H25N5O5. The molecule has 2 amide bonds. The number of rotatable bonds is 9. The smallest absolute Gasteiger partial charge is 0.278 e. The molecule has 0 aliphatic rings. The Labute approximate surface area is 185 Å². The van der Waals surface area contributed by atoms with Gasteiger partial charge in [-0.05, 0) is 38.1 Å². The monoisotopic (exact) mass is 439 g/mol. The summed E-state index contributed by atoms with van der Waals surface area (Å²) in [5.74, 6) is 1.05. The van der Waals surface area contributed by atoms with E-state index >= 15 is 0 Å². The summed E-state index contributed by atoms with van der Waals surface area (Å²) in [5.41, 5.74) is 1.70. The van der Waals surface area contributed by atoms with Crippen LogP contribution in [0.15, 0.2) is 42.5 Å². The second-order valence-electron chi connectivity index (χ2n) is 6.74. The molecule has 32 heavy (non-hydrogen) atoms. The highest BCUT2D eigenvalue weighted by Gasteiger charge is 2.18. The number of anilines is 2. The van der Waals surface area contributed by atoms with E-state index < -0.39 is 5.91 Å². The van der Waals surface area contributed by atoms with Gasteiger partial charge in [-0.1, -0.05) is 5.21 Å². The first-order valence-electron chi connectivity index (χ1n) is 9.90. The van der Waals surface area contributed by atoms with Crippen LogP contribution in [0.4, 0.5) is 11.4 Å². The summed E-state index contributed by atoms with van der Waals surface area (Å²) >= 11 is 0. The number of aromatic nitrogens is 3. The molecule has 0 atom stereocenters. The van der Waals surface area contributed by atoms with Gasteiger partial charge in [0.25, 0.3) is 5.91 Å². The van der Waals surface area contributed by atoms with Crippen molar-refractivity contribution in [3.63, 3.8) is 0 Å². The van der Waals surface area contributed by atoms with E-state index in [0.29, 0.717) is 40.9 Å². The van der Waals surface area contributed by atoms with Gasteiger partial charge in [-0.3, -0.25) is 9.59 Å². The van der Waals surface area contributed by atoms with Gasteiger partial charge in [0.15, 0.2) is 5.69 Å². The van der Waals surface area contributed by atoms with E-state index in [0.717, 1.165) is 0 Å². The van der Waals surface area contributed by atoms with Crippen molar-refractivity contribution >= 4 is 23.2 Å². The normalized spacial score (nSPS) is 10.4. The lowest BCUT2D eigenvalue weighted by Crippen LogP contribution is -2.21. The summed E-state index contributed by atoms with van der Waals surface area (Å²) in [4.78, 5) is 25.1. The van der Waals surface area contributed by atoms with E-state index in [1.54, 1.807) is 49.4 Å². The predicted molar refractivity (Wildman–Crippen MR) is 118 cm³/mol. The number of carbonyl (C=O) groups is 2. The molecule has 0 saturated heterocycles. The van der Waals surface area contributed by atoms with Crippen LogP contribution >= 0.6 is 0 Å². The molecule has 1 heterocycles. The van der Waals surface area contributed by atoms with Crippen molar-refractivity contribution in [3.8, 4) is 17.2 Å². The molecule has 0 aliphatic heterocycles. The minimum Gasteiger partial charge on any atom is -0.497 e. The third kappa shape index (κ3) is 5.54. The van der Waals surface area contributed by atoms with Gasteiger partial charge in [0.05, 0.1) is 26.5 Å². The van der Waals surface area contributed by atoms with E-state index in [4.69, 9.17) is 14.2 Å². The minimum atomic E-state index is -0.421. The number of ether oxygens (including phenoxy) is 3. The van der Waals surface area contributed by atoms with Crippen LogP contribution in [0.1, 0.15) is 23.1 Å². The van der Waals surface area contributed by atoms with Crippen LogP contribution in [0.5, 0.6) is 17.2 Å². The van der Waals surface area contributed by atoms with Crippen molar-refractivity contribution in [2.45, 2.75) is 20.4 Å². The zero-order valence-electron chi connectivity index (χ0n) is 18.3. The van der Waals surface area contributed by atoms with E-state index in [2.05, 4.69) is 20.9 Å². The molecule has 2 N–H and O–H groups in total. The van der Waals surface area contributed by atoms with Gasteiger partial charge in [-0.2, -0.15) is 0 Å². The van der Waals surface area contributed by atoms with Crippen molar-refractivity contribution in [3.05, 3.63) is 53.9 Å². The summed E-state index contributed by atoms with van der Waals surface area (Å²) in [6.45, 7) is 4.02. The Balaban J connectivity index is 1.65. The van der Waals surface area contributed by atoms with Crippen LogP contribution in [-0.2, 0) is 11.3 Å². The van der Waals surface area contributed by atoms with Gasteiger partial charge in [0.1, 0.15) is 23.8 Å². The molecule has 10 nitrogen and oxygen atoms in total. The maximum atomic E-state index is 12.6. The summed E-state index contributed by atoms with van der Waals surface area (Å²) in [6, 6.07) is 12.0. The predicted octanol–water partition coefficient (Wildman–Crippen LogP) is 2.89. The van der Waals surface area contributed by atoms with E-state index in [1.807, 2.05) is 6.92 Å². The molecule has 0 fully saturated rings. The summed E-state index contributed by atoms with van der Waals surface area (Å²) in [6.07, 6.45) is 0. The summed E-state index contributed by atoms with van der Waals surface area (Å²) < 4.78 is 17.2. The molecule has 3 aromatic rings. The third-order valence-electron chi connectivity index (χ3n) is 4.55. The Bertz CT molecular complexity index is 1070. The summed E-state index contributed by atoms with van der Waals surface area (Å²) in [7, 11) is 3.05. The highest BCUT2D eigenvalue weighted by atomic mass is 16.5. The van der Waals surface area contributed by atoms with Gasteiger partial charge in [-0.15, -0.1) is 5.10 Å². The Morgan fingerprint density at radius 1 is 0.938 bits per heavy atom. The fourth-order valence-corrected chi connectivity index (χ4v) is 2.93. The van der Waals surface area contributed by atoms with Crippen molar-refractivity contribution in [1.82, 2.24) is 15.0 Å². The molecule has 1 aromatic heterocycles. The van der Waals surface area contributed by atoms with Gasteiger partial charge >= 0.3 is 0 Å². The first kappa shape index (κ1) is 22.6. The maximum Gasteiger partial charge on any atom is 0.278 e. The van der Waals surface area contributed by atoms with Crippen molar-refractivity contribution in [2.75, 3.05) is 31.5 Å². The van der Waals surface area contributed by atoms with Gasteiger partial charge in [0.2, 0.25) is 5.91 Å². The second kappa shape index (κ2) is 10.3. The van der Waals surface area contributed by atoms with E-state index in [1.165, 1.54) is 18.9 Å². The lowest BCUT2D eigenvalue weighted by molar-refractivity contribution is -0.117. The molecule has 0 saturated carbocycles. The number of carbonyl (C=O) groups excluding carboxylic acids is 2. The standard InChI is InChI=1S/C22H25N5O5/c1-5-32-17-8-6-15(7-9-17)24-22(29)21-14(2)27(26-25-21)13-20(28)23-16-10-18(30-3)12-19(11-16)31-4/h6-12H,5,13H2,1-4H3,(H,23,28)(H,24,29). The van der Waals surface area contributed by atoms with Crippen LogP contribution in [0, 0.1) is 6.92 Å². The molecule has 2 aromatic carbocycles. The lowest BCUT2D eigenvalue weighted by atomic mass is 10.2. The van der Waals surface area contributed by atoms with Crippen LogP contribution in [0.25, 0.3) is 0 Å². The molecule has 0 radical (unpaired) electrons. The number of hydrogen-bond acceptors (Lipinski definition) is 7. The molecule has 10 heteroatoms. The fraction of sp³-hybridized carbons (Fsp3) is 0.273. The Kier molecular flexibility index (Phi) is 7.27. The Morgan fingerprint density at radius 3 is 2.19 bits per heavy atom. The first-order valence-corrected chi connectivity index (χ1v) is 9.90. The van der Waals surface area contributed by atoms with E-state index in [9.17, 15) is 9.59 Å². The molecular weight excluding hydrogens is 414 g/mol. The number of nitrogens with zero attached hydrogens (tertiary/aromatic N) is 3. The number of methoxy groups -OCH3 is 2. The molecule has 0 spiro atoms. The van der Waals surface area contributed by atoms with Gasteiger partial charge in [0, 0.05) is 29.6 Å². The number of hydrogen-bond donors (Lipinski definition) is 2. The number of amides is 2. The van der Waals surface area contributed by atoms with Crippen LogP contribution in [-0.4, -0.2) is 47.6 Å². The first-order chi connectivity index (χ1) is 15.4. The average Bonchev–Trinajstić information content (AvgIpc) is 3.14. The van der Waals surface area contributed by atoms with Crippen LogP contribution in [0.3, 0.4) is 0 Å². The van der Waals surface area contributed by atoms with Crippen LogP contribution < -0.4 is 24.8 Å². The maximum absolute atomic E-state index is 12.6. The SMILES string of the molecule is CCOc1ccc(NC(=O)c2nnn(CC(=O)Nc3cc(OC)cc(OC)c3)c2C)cc1. The largest absolute Gasteiger partial charge is 0.497 e. The highest BCUT2D eigenvalue weighted by molar-refractivity contribution is 6.03. The molecule has 168 valence electrons. The minimum absolute atomic E-state index is 0.116. The third-order valence-corrected chi connectivity index (χ3v) is 4.55. The van der Waals surface area contributed by atoms with Crippen molar-refractivity contribution < 1.29 is 23.8 Å². The molecule has 0 aliphatic carbocycles. The fourth-order valence-electron chi connectivity index (χ4n) is 2.93. The van der Waals surface area contributed by atoms with Crippen molar-refractivity contribution in [2.24, 2.45) is 0 Å². The quantitative estimate of drug-likeness (QED) is 0.526. The number of benzene rings is 2. The zero-order chi connectivity index (χ0) is 23.1. The molecule has 0 bridgehead atoms. The molecule has 3 rings (SSSR count). The van der Waals surface area contributed by atoms with Gasteiger partial charge < -0.3 is 24.8 Å². The average molecular weight is 439 g/mol. The number of nitrogens with one attached hydrogen (secondary N) is 2. The Hall–Kier alpha value is -4.08. The zero-order valence-corrected chi connectivity index (χ0v) is 18.3. The van der Waals surface area contributed by atoms with E-state index in [-0.39, 0.29) is 18.1 Å².